The van der Waals surface area contributed by atoms with Gasteiger partial charge in [0.25, 0.3) is 5.91 Å². The normalized spacial score (nSPS) is 17.2. The number of carbonyl (C=O) groups is 1. The molecule has 22 heavy (non-hydrogen) atoms. The Hall–Kier alpha value is -1.55. The molecule has 1 N–H and O–H groups in total. The highest BCUT2D eigenvalue weighted by atomic mass is 16.5. The SMILES string of the molecule is CCOC(C)(C(=O)Nc1ccc(OC(C)C)c(C)c1)C1CC1. The molecule has 4 nitrogen and oxygen atoms in total. The molecule has 1 aromatic rings. The minimum atomic E-state index is -0.726. The van der Waals surface area contributed by atoms with E-state index in [0.29, 0.717) is 12.5 Å². The topological polar surface area (TPSA) is 47.6 Å². The molecule has 1 saturated carbocycles. The molecule has 1 aliphatic rings. The third kappa shape index (κ3) is 3.80. The van der Waals surface area contributed by atoms with Crippen molar-refractivity contribution < 1.29 is 14.3 Å². The monoisotopic (exact) mass is 305 g/mol. The summed E-state index contributed by atoms with van der Waals surface area (Å²) >= 11 is 0. The van der Waals surface area contributed by atoms with Gasteiger partial charge < -0.3 is 14.8 Å². The van der Waals surface area contributed by atoms with Gasteiger partial charge in [0.2, 0.25) is 0 Å². The highest BCUT2D eigenvalue weighted by molar-refractivity contribution is 5.97. The molecule has 1 fully saturated rings. The fourth-order valence-electron chi connectivity index (χ4n) is 2.67. The molecule has 4 heteroatoms. The Balaban J connectivity index is 2.09. The number of carbonyl (C=O) groups excluding carboxylic acids is 1. The van der Waals surface area contributed by atoms with Crippen molar-refractivity contribution in [1.29, 1.82) is 0 Å². The van der Waals surface area contributed by atoms with Gasteiger partial charge >= 0.3 is 0 Å². The summed E-state index contributed by atoms with van der Waals surface area (Å²) in [5, 5.41) is 2.99. The first-order chi connectivity index (χ1) is 10.4. The zero-order valence-corrected chi connectivity index (χ0v) is 14.2. The van der Waals surface area contributed by atoms with Crippen LogP contribution in [0.25, 0.3) is 0 Å². The molecule has 1 atom stereocenters. The highest BCUT2D eigenvalue weighted by Crippen LogP contribution is 2.42. The first-order valence-electron chi connectivity index (χ1n) is 8.09. The summed E-state index contributed by atoms with van der Waals surface area (Å²) in [6, 6.07) is 5.72. The van der Waals surface area contributed by atoms with Crippen molar-refractivity contribution in [2.24, 2.45) is 5.92 Å². The molecule has 0 aliphatic heterocycles. The highest BCUT2D eigenvalue weighted by Gasteiger charge is 2.48. The van der Waals surface area contributed by atoms with Crippen LogP contribution < -0.4 is 10.1 Å². The number of ether oxygens (including phenoxy) is 2. The van der Waals surface area contributed by atoms with E-state index in [4.69, 9.17) is 9.47 Å². The van der Waals surface area contributed by atoms with E-state index in [-0.39, 0.29) is 12.0 Å². The Morgan fingerprint density at radius 1 is 1.41 bits per heavy atom. The Morgan fingerprint density at radius 2 is 2.09 bits per heavy atom. The number of aryl methyl sites for hydroxylation is 1. The van der Waals surface area contributed by atoms with Gasteiger partial charge in [-0.15, -0.1) is 0 Å². The van der Waals surface area contributed by atoms with E-state index < -0.39 is 5.60 Å². The molecule has 1 aliphatic carbocycles. The summed E-state index contributed by atoms with van der Waals surface area (Å²) in [4.78, 5) is 12.6. The minimum absolute atomic E-state index is 0.0613. The van der Waals surface area contributed by atoms with Crippen LogP contribution in [0.4, 0.5) is 5.69 Å². The summed E-state index contributed by atoms with van der Waals surface area (Å²) < 4.78 is 11.5. The standard InChI is InChI=1S/C18H27NO3/c1-6-21-18(5,14-7-8-14)17(20)19-15-9-10-16(13(4)11-15)22-12(2)3/h9-12,14H,6-8H2,1-5H3,(H,19,20). The average Bonchev–Trinajstić information content (AvgIpc) is 3.26. The number of hydrogen-bond acceptors (Lipinski definition) is 3. The van der Waals surface area contributed by atoms with Gasteiger partial charge in [-0.25, -0.2) is 0 Å². The number of benzene rings is 1. The molecular weight excluding hydrogens is 278 g/mol. The van der Waals surface area contributed by atoms with Crippen molar-refractivity contribution in [3.8, 4) is 5.75 Å². The molecule has 1 amide bonds. The predicted molar refractivity (Wildman–Crippen MR) is 88.3 cm³/mol. The van der Waals surface area contributed by atoms with Crippen LogP contribution in [0.3, 0.4) is 0 Å². The Morgan fingerprint density at radius 3 is 2.59 bits per heavy atom. The number of anilines is 1. The van der Waals surface area contributed by atoms with Crippen molar-refractivity contribution in [2.45, 2.75) is 59.2 Å². The van der Waals surface area contributed by atoms with E-state index in [0.717, 1.165) is 29.8 Å². The fraction of sp³-hybridized carbons (Fsp3) is 0.611. The zero-order valence-electron chi connectivity index (χ0n) is 14.2. The lowest BCUT2D eigenvalue weighted by molar-refractivity contribution is -0.141. The largest absolute Gasteiger partial charge is 0.491 e. The molecule has 0 aromatic heterocycles. The van der Waals surface area contributed by atoms with E-state index in [9.17, 15) is 4.79 Å². The van der Waals surface area contributed by atoms with E-state index >= 15 is 0 Å². The van der Waals surface area contributed by atoms with Gasteiger partial charge in [0.15, 0.2) is 0 Å². The molecular formula is C18H27NO3. The maximum absolute atomic E-state index is 12.6. The molecule has 0 heterocycles. The van der Waals surface area contributed by atoms with E-state index in [2.05, 4.69) is 5.32 Å². The fourth-order valence-corrected chi connectivity index (χ4v) is 2.67. The Kier molecular flexibility index (Phi) is 5.12. The molecule has 0 saturated heterocycles. The Bertz CT molecular complexity index is 537. The Labute approximate surface area is 133 Å². The van der Waals surface area contributed by atoms with Crippen LogP contribution in [0.5, 0.6) is 5.75 Å². The number of rotatable bonds is 7. The average molecular weight is 305 g/mol. The van der Waals surface area contributed by atoms with Gasteiger partial charge in [-0.2, -0.15) is 0 Å². The van der Waals surface area contributed by atoms with Crippen molar-refractivity contribution >= 4 is 11.6 Å². The molecule has 1 unspecified atom stereocenters. The van der Waals surface area contributed by atoms with Crippen LogP contribution in [0.15, 0.2) is 18.2 Å². The van der Waals surface area contributed by atoms with Crippen molar-refractivity contribution in [3.63, 3.8) is 0 Å². The maximum atomic E-state index is 12.6. The van der Waals surface area contributed by atoms with Crippen LogP contribution in [0, 0.1) is 12.8 Å². The minimum Gasteiger partial charge on any atom is -0.491 e. The maximum Gasteiger partial charge on any atom is 0.256 e. The number of hydrogen-bond donors (Lipinski definition) is 1. The smallest absolute Gasteiger partial charge is 0.256 e. The quantitative estimate of drug-likeness (QED) is 0.830. The zero-order chi connectivity index (χ0) is 16.3. The lowest BCUT2D eigenvalue weighted by atomic mass is 9.98. The molecule has 0 spiro atoms. The second-order valence-electron chi connectivity index (χ2n) is 6.42. The molecule has 0 bridgehead atoms. The van der Waals surface area contributed by atoms with Crippen LogP contribution in [-0.2, 0) is 9.53 Å². The van der Waals surface area contributed by atoms with E-state index in [1.807, 2.05) is 52.8 Å². The van der Waals surface area contributed by atoms with Crippen molar-refractivity contribution in [3.05, 3.63) is 23.8 Å². The van der Waals surface area contributed by atoms with Crippen molar-refractivity contribution in [2.75, 3.05) is 11.9 Å². The van der Waals surface area contributed by atoms with Gasteiger partial charge in [-0.3, -0.25) is 4.79 Å². The molecule has 122 valence electrons. The molecule has 2 rings (SSSR count). The lowest BCUT2D eigenvalue weighted by Gasteiger charge is -2.28. The predicted octanol–water partition coefficient (Wildman–Crippen LogP) is 3.93. The third-order valence-corrected chi connectivity index (χ3v) is 4.05. The van der Waals surface area contributed by atoms with Gasteiger partial charge in [-0.05, 0) is 77.1 Å². The van der Waals surface area contributed by atoms with E-state index in [1.54, 1.807) is 0 Å². The van der Waals surface area contributed by atoms with Crippen LogP contribution in [0.1, 0.15) is 46.1 Å². The summed E-state index contributed by atoms with van der Waals surface area (Å²) in [7, 11) is 0. The second-order valence-corrected chi connectivity index (χ2v) is 6.42. The number of nitrogens with one attached hydrogen (secondary N) is 1. The summed E-state index contributed by atoms with van der Waals surface area (Å²) in [5.41, 5.74) is 1.07. The summed E-state index contributed by atoms with van der Waals surface area (Å²) in [6.45, 7) is 10.3. The third-order valence-electron chi connectivity index (χ3n) is 4.05. The van der Waals surface area contributed by atoms with Gasteiger partial charge in [0.05, 0.1) is 6.10 Å². The van der Waals surface area contributed by atoms with Gasteiger partial charge in [0.1, 0.15) is 11.4 Å². The second kappa shape index (κ2) is 6.69. The lowest BCUT2D eigenvalue weighted by Crippen LogP contribution is -2.44. The van der Waals surface area contributed by atoms with E-state index in [1.165, 1.54) is 0 Å². The molecule has 1 aromatic carbocycles. The van der Waals surface area contributed by atoms with Crippen molar-refractivity contribution in [1.82, 2.24) is 0 Å². The summed E-state index contributed by atoms with van der Waals surface area (Å²) in [5.74, 6) is 1.12. The van der Waals surface area contributed by atoms with Crippen LogP contribution in [-0.4, -0.2) is 24.2 Å². The molecule has 0 radical (unpaired) electrons. The van der Waals surface area contributed by atoms with Crippen LogP contribution >= 0.6 is 0 Å². The van der Waals surface area contributed by atoms with Gasteiger partial charge in [-0.1, -0.05) is 0 Å². The first-order valence-corrected chi connectivity index (χ1v) is 8.09. The number of amides is 1. The summed E-state index contributed by atoms with van der Waals surface area (Å²) in [6.07, 6.45) is 2.25. The van der Waals surface area contributed by atoms with Crippen LogP contribution in [0.2, 0.25) is 0 Å². The van der Waals surface area contributed by atoms with Gasteiger partial charge in [0, 0.05) is 12.3 Å². The first kappa shape index (κ1) is 16.8.